The van der Waals surface area contributed by atoms with Crippen LogP contribution < -0.4 is 10.6 Å². The van der Waals surface area contributed by atoms with Gasteiger partial charge in [0.05, 0.1) is 26.4 Å². The van der Waals surface area contributed by atoms with Crippen molar-refractivity contribution in [1.82, 2.24) is 20.4 Å². The number of nitrogens with one attached hydrogen (secondary N) is 2. The fraction of sp³-hybridized carbons (Fsp3) is 0.800. The third kappa shape index (κ3) is 25.6. The molecule has 4 N–H and O–H groups in total. The van der Waals surface area contributed by atoms with Gasteiger partial charge < -0.3 is 44.7 Å². The minimum atomic E-state index is -0.859. The normalized spacial score (nSPS) is 10.6. The number of amides is 4. The van der Waals surface area contributed by atoms with Crippen molar-refractivity contribution in [3.8, 4) is 0 Å². The largest absolute Gasteiger partial charge is 0.481 e. The maximum absolute atomic E-state index is 12.7. The minimum absolute atomic E-state index is 0.0576. The molecule has 0 saturated carbocycles. The Labute approximate surface area is 271 Å². The van der Waals surface area contributed by atoms with Crippen LogP contribution in [0.3, 0.4) is 0 Å². The van der Waals surface area contributed by atoms with E-state index >= 15 is 0 Å². The molecule has 4 amide bonds. The first kappa shape index (κ1) is 42.3. The summed E-state index contributed by atoms with van der Waals surface area (Å²) in [6.07, 6.45) is 4.29. The van der Waals surface area contributed by atoms with Crippen LogP contribution in [0.25, 0.3) is 0 Å². The van der Waals surface area contributed by atoms with Gasteiger partial charge in [-0.1, -0.05) is 25.7 Å². The number of hydrogen-bond donors (Lipinski definition) is 4. The van der Waals surface area contributed by atoms with Gasteiger partial charge >= 0.3 is 24.1 Å². The number of ether oxygens (including phenoxy) is 4. The second-order valence-electron chi connectivity index (χ2n) is 10.3. The number of aliphatic carboxylic acids is 2. The molecule has 0 aromatic heterocycles. The summed E-state index contributed by atoms with van der Waals surface area (Å²) in [4.78, 5) is 73.1. The molecule has 16 heteroatoms. The first-order chi connectivity index (χ1) is 22.1. The summed E-state index contributed by atoms with van der Waals surface area (Å²) in [7, 11) is 0. The molecule has 0 spiro atoms. The van der Waals surface area contributed by atoms with Crippen LogP contribution in [-0.4, -0.2) is 135 Å². The molecule has 0 aromatic rings. The predicted molar refractivity (Wildman–Crippen MR) is 166 cm³/mol. The molecule has 0 aliphatic heterocycles. The van der Waals surface area contributed by atoms with Crippen LogP contribution in [0.5, 0.6) is 0 Å². The lowest BCUT2D eigenvalue weighted by molar-refractivity contribution is -0.138. The highest BCUT2D eigenvalue weighted by Crippen LogP contribution is 2.04. The number of carboxylic acid groups (broad SMARTS) is 2. The summed E-state index contributed by atoms with van der Waals surface area (Å²) < 4.78 is 21.0. The molecule has 0 aliphatic carbocycles. The Kier molecular flexibility index (Phi) is 26.5. The molecule has 0 saturated heterocycles. The van der Waals surface area contributed by atoms with E-state index in [1.807, 2.05) is 13.8 Å². The molecule has 0 fully saturated rings. The first-order valence-electron chi connectivity index (χ1n) is 16.1. The number of hydrogen-bond acceptors (Lipinski definition) is 10. The zero-order chi connectivity index (χ0) is 34.4. The van der Waals surface area contributed by atoms with E-state index in [1.54, 1.807) is 4.90 Å². The fourth-order valence-electron chi connectivity index (χ4n) is 3.97. The molecule has 16 nitrogen and oxygen atoms in total. The quantitative estimate of drug-likeness (QED) is 0.0850. The zero-order valence-electron chi connectivity index (χ0n) is 27.4. The van der Waals surface area contributed by atoms with Gasteiger partial charge in [0.15, 0.2) is 0 Å². The third-order valence-electron chi connectivity index (χ3n) is 6.51. The number of nitrogens with zero attached hydrogens (tertiary/aromatic N) is 2. The molecular weight excluding hydrogens is 608 g/mol. The number of carbonyl (C=O) groups excluding carboxylic acids is 4. The smallest absolute Gasteiger partial charge is 0.410 e. The highest BCUT2D eigenvalue weighted by Gasteiger charge is 2.21. The van der Waals surface area contributed by atoms with Gasteiger partial charge in [0.25, 0.3) is 0 Å². The van der Waals surface area contributed by atoms with Crippen LogP contribution in [0.1, 0.15) is 78.1 Å². The molecule has 0 aromatic carbocycles. The van der Waals surface area contributed by atoms with Gasteiger partial charge in [-0.05, 0) is 39.5 Å². The van der Waals surface area contributed by atoms with E-state index in [-0.39, 0.29) is 52.5 Å². The van der Waals surface area contributed by atoms with E-state index in [9.17, 15) is 28.8 Å². The van der Waals surface area contributed by atoms with Crippen LogP contribution >= 0.6 is 0 Å². The molecule has 0 unspecified atom stereocenters. The molecule has 0 atom stereocenters. The van der Waals surface area contributed by atoms with Crippen molar-refractivity contribution >= 4 is 35.9 Å². The van der Waals surface area contributed by atoms with E-state index in [0.717, 1.165) is 30.6 Å². The molecule has 0 radical (unpaired) electrons. The standard InChI is InChI=1S/C30H54N4O12/c1-3-33(4-2)29(41)45-21-19-43-17-18-44-20-22-46-30(42)34(23-25(35)31-15-11-7-5-9-13-27(37)38)24-26(36)32-16-12-8-6-10-14-28(39)40/h3-24H2,1-2H3,(H,31,35)(H,32,36)(H,37,38)(H,39,40). The number of carbonyl (C=O) groups is 6. The van der Waals surface area contributed by atoms with Crippen LogP contribution in [-0.2, 0) is 38.1 Å². The van der Waals surface area contributed by atoms with Gasteiger partial charge in [0, 0.05) is 39.0 Å². The van der Waals surface area contributed by atoms with Crippen molar-refractivity contribution in [3.63, 3.8) is 0 Å². The summed E-state index contributed by atoms with van der Waals surface area (Å²) >= 11 is 0. The second-order valence-corrected chi connectivity index (χ2v) is 10.3. The van der Waals surface area contributed by atoms with Crippen molar-refractivity contribution in [1.29, 1.82) is 0 Å². The summed E-state index contributed by atoms with van der Waals surface area (Å²) in [5.41, 5.74) is 0. The van der Waals surface area contributed by atoms with Gasteiger partial charge in [0.1, 0.15) is 26.3 Å². The van der Waals surface area contributed by atoms with Crippen molar-refractivity contribution < 1.29 is 57.9 Å². The average Bonchev–Trinajstić information content (AvgIpc) is 3.00. The highest BCUT2D eigenvalue weighted by molar-refractivity contribution is 5.86. The maximum Gasteiger partial charge on any atom is 0.410 e. The lowest BCUT2D eigenvalue weighted by Gasteiger charge is -2.21. The summed E-state index contributed by atoms with van der Waals surface area (Å²) in [5, 5.41) is 22.8. The predicted octanol–water partition coefficient (Wildman–Crippen LogP) is 2.24. The molecule has 0 heterocycles. The number of unbranched alkanes of at least 4 members (excludes halogenated alkanes) is 6. The Morgan fingerprint density at radius 2 is 0.891 bits per heavy atom. The van der Waals surface area contributed by atoms with E-state index in [2.05, 4.69) is 10.6 Å². The fourth-order valence-corrected chi connectivity index (χ4v) is 3.97. The molecule has 0 rings (SSSR count). The zero-order valence-corrected chi connectivity index (χ0v) is 27.4. The highest BCUT2D eigenvalue weighted by atomic mass is 16.6. The summed E-state index contributed by atoms with van der Waals surface area (Å²) in [6, 6.07) is 0. The first-order valence-corrected chi connectivity index (χ1v) is 16.1. The van der Waals surface area contributed by atoms with Gasteiger partial charge in [-0.15, -0.1) is 0 Å². The Hall–Kier alpha value is -3.66. The number of carboxylic acids is 2. The van der Waals surface area contributed by atoms with Crippen molar-refractivity contribution in [3.05, 3.63) is 0 Å². The lowest BCUT2D eigenvalue weighted by Crippen LogP contribution is -2.46. The molecule has 0 aliphatic rings. The average molecular weight is 663 g/mol. The second kappa shape index (κ2) is 28.8. The van der Waals surface area contributed by atoms with E-state index in [1.165, 1.54) is 0 Å². The van der Waals surface area contributed by atoms with Crippen LogP contribution in [0.15, 0.2) is 0 Å². The number of rotatable bonds is 29. The van der Waals surface area contributed by atoms with Gasteiger partial charge in [0.2, 0.25) is 11.8 Å². The van der Waals surface area contributed by atoms with Crippen LogP contribution in [0.2, 0.25) is 0 Å². The lowest BCUT2D eigenvalue weighted by atomic mass is 10.1. The Bertz CT molecular complexity index is 844. The molecule has 266 valence electrons. The van der Waals surface area contributed by atoms with Crippen molar-refractivity contribution in [2.24, 2.45) is 0 Å². The Morgan fingerprint density at radius 1 is 0.522 bits per heavy atom. The van der Waals surface area contributed by atoms with E-state index in [4.69, 9.17) is 29.2 Å². The minimum Gasteiger partial charge on any atom is -0.481 e. The van der Waals surface area contributed by atoms with E-state index < -0.39 is 49.0 Å². The van der Waals surface area contributed by atoms with Gasteiger partial charge in [-0.2, -0.15) is 0 Å². The SMILES string of the molecule is CCN(CC)C(=O)OCCOCCOCCOC(=O)N(CC(=O)NCCCCCCC(=O)O)CC(=O)NCCCCCCC(=O)O. The van der Waals surface area contributed by atoms with Crippen molar-refractivity contribution in [2.75, 3.05) is 78.9 Å². The van der Waals surface area contributed by atoms with Gasteiger partial charge in [-0.25, -0.2) is 9.59 Å². The maximum atomic E-state index is 12.7. The Balaban J connectivity index is 4.46. The molecule has 46 heavy (non-hydrogen) atoms. The third-order valence-corrected chi connectivity index (χ3v) is 6.51. The summed E-state index contributed by atoms with van der Waals surface area (Å²) in [5.74, 6) is -2.62. The van der Waals surface area contributed by atoms with E-state index in [0.29, 0.717) is 51.9 Å². The Morgan fingerprint density at radius 3 is 1.28 bits per heavy atom. The van der Waals surface area contributed by atoms with Crippen LogP contribution in [0.4, 0.5) is 9.59 Å². The van der Waals surface area contributed by atoms with Crippen molar-refractivity contribution in [2.45, 2.75) is 78.1 Å². The topological polar surface area (TPSA) is 210 Å². The summed E-state index contributed by atoms with van der Waals surface area (Å²) in [6.45, 7) is 5.45. The molecular formula is C30H54N4O12. The van der Waals surface area contributed by atoms with Crippen LogP contribution in [0, 0.1) is 0 Å². The monoisotopic (exact) mass is 662 g/mol. The molecule has 0 bridgehead atoms. The van der Waals surface area contributed by atoms with Gasteiger partial charge in [-0.3, -0.25) is 24.1 Å².